The van der Waals surface area contributed by atoms with Gasteiger partial charge < -0.3 is 10.2 Å². The van der Waals surface area contributed by atoms with E-state index in [9.17, 15) is 18.0 Å². The first kappa shape index (κ1) is 17.7. The molecule has 0 aliphatic carbocycles. The summed E-state index contributed by atoms with van der Waals surface area (Å²) in [5.41, 5.74) is 0.950. The predicted octanol–water partition coefficient (Wildman–Crippen LogP) is 4.57. The maximum absolute atomic E-state index is 13.0. The molecule has 1 aromatic carbocycles. The van der Waals surface area contributed by atoms with E-state index in [-0.39, 0.29) is 11.0 Å². The molecule has 1 aliphatic heterocycles. The van der Waals surface area contributed by atoms with Crippen molar-refractivity contribution in [2.75, 3.05) is 11.9 Å². The molecule has 2 aromatic rings. The Labute approximate surface area is 147 Å². The Morgan fingerprint density at radius 3 is 2.52 bits per heavy atom. The van der Waals surface area contributed by atoms with E-state index in [2.05, 4.69) is 10.3 Å². The topological polar surface area (TPSA) is 45.2 Å². The number of rotatable bonds is 2. The number of para-hydroxylation sites is 1. The number of fused-ring (bicyclic) bond motifs is 1. The van der Waals surface area contributed by atoms with Crippen molar-refractivity contribution in [3.05, 3.63) is 45.9 Å². The van der Waals surface area contributed by atoms with Crippen LogP contribution in [0.5, 0.6) is 0 Å². The van der Waals surface area contributed by atoms with Crippen LogP contribution in [0.25, 0.3) is 0 Å². The minimum Gasteiger partial charge on any atom is -0.359 e. The molecule has 134 valence electrons. The van der Waals surface area contributed by atoms with Crippen LogP contribution in [0.15, 0.2) is 29.6 Å². The van der Waals surface area contributed by atoms with Gasteiger partial charge in [-0.1, -0.05) is 32.9 Å². The van der Waals surface area contributed by atoms with Crippen LogP contribution in [0.3, 0.4) is 0 Å². The van der Waals surface area contributed by atoms with Crippen LogP contribution in [0.1, 0.15) is 48.0 Å². The van der Waals surface area contributed by atoms with Crippen molar-refractivity contribution in [2.45, 2.75) is 38.5 Å². The van der Waals surface area contributed by atoms with Crippen LogP contribution in [-0.2, 0) is 5.41 Å². The number of hydrogen-bond donors (Lipinski definition) is 1. The van der Waals surface area contributed by atoms with Crippen molar-refractivity contribution >= 4 is 22.9 Å². The highest BCUT2D eigenvalue weighted by Crippen LogP contribution is 2.36. The van der Waals surface area contributed by atoms with Crippen LogP contribution in [0.4, 0.5) is 18.9 Å². The number of benzene rings is 1. The predicted molar refractivity (Wildman–Crippen MR) is 90.7 cm³/mol. The quantitative estimate of drug-likeness (QED) is 0.843. The summed E-state index contributed by atoms with van der Waals surface area (Å²) in [7, 11) is 0. The molecule has 1 N–H and O–H groups in total. The average Bonchev–Trinajstić information content (AvgIpc) is 2.99. The van der Waals surface area contributed by atoms with Crippen molar-refractivity contribution in [2.24, 2.45) is 0 Å². The van der Waals surface area contributed by atoms with Crippen LogP contribution < -0.4 is 5.32 Å². The summed E-state index contributed by atoms with van der Waals surface area (Å²) in [4.78, 5) is 17.9. The summed E-state index contributed by atoms with van der Waals surface area (Å²) in [5, 5.41) is 5.55. The van der Waals surface area contributed by atoms with Gasteiger partial charge in [-0.25, -0.2) is 4.98 Å². The normalized spacial score (nSPS) is 18.1. The molecule has 2 heterocycles. The smallest absolute Gasteiger partial charge is 0.359 e. The fraction of sp³-hybridized carbons (Fsp3) is 0.412. The molecule has 1 aromatic heterocycles. The molecule has 1 aliphatic rings. The fourth-order valence-electron chi connectivity index (χ4n) is 2.64. The molecule has 1 atom stereocenters. The van der Waals surface area contributed by atoms with Crippen molar-refractivity contribution in [1.29, 1.82) is 0 Å². The minimum atomic E-state index is -4.50. The lowest BCUT2D eigenvalue weighted by Gasteiger charge is -2.37. The zero-order valence-electron chi connectivity index (χ0n) is 14.0. The third-order valence-electron chi connectivity index (χ3n) is 3.82. The third-order valence-corrected chi connectivity index (χ3v) is 5.10. The molecule has 8 heteroatoms. The summed E-state index contributed by atoms with van der Waals surface area (Å²) in [6, 6.07) is 6.57. The molecule has 0 spiro atoms. The van der Waals surface area contributed by atoms with Crippen molar-refractivity contribution in [3.8, 4) is 0 Å². The van der Waals surface area contributed by atoms with E-state index in [0.29, 0.717) is 11.4 Å². The first-order valence-electron chi connectivity index (χ1n) is 7.75. The second kappa shape index (κ2) is 6.01. The van der Waals surface area contributed by atoms with Gasteiger partial charge in [0.15, 0.2) is 0 Å². The van der Waals surface area contributed by atoms with E-state index in [1.807, 2.05) is 20.8 Å². The van der Waals surface area contributed by atoms with Crippen LogP contribution in [-0.4, -0.2) is 28.5 Å². The van der Waals surface area contributed by atoms with Gasteiger partial charge in [-0.2, -0.15) is 13.2 Å². The zero-order valence-corrected chi connectivity index (χ0v) is 14.8. The fourth-order valence-corrected chi connectivity index (χ4v) is 3.56. The van der Waals surface area contributed by atoms with Crippen molar-refractivity contribution in [1.82, 2.24) is 9.88 Å². The van der Waals surface area contributed by atoms with E-state index >= 15 is 0 Å². The summed E-state index contributed by atoms with van der Waals surface area (Å²) in [6.07, 6.45) is -5.44. The number of nitrogens with zero attached hydrogens (tertiary/aromatic N) is 2. The lowest BCUT2D eigenvalue weighted by molar-refractivity contribution is -0.144. The molecule has 0 saturated carbocycles. The Kier molecular flexibility index (Phi) is 4.26. The van der Waals surface area contributed by atoms with Gasteiger partial charge in [-0.05, 0) is 12.1 Å². The molecular weight excluding hydrogens is 351 g/mol. The Hall–Kier alpha value is -2.09. The van der Waals surface area contributed by atoms with Gasteiger partial charge in [0.05, 0.1) is 16.3 Å². The number of carbonyl (C=O) groups excluding carboxylic acids is 1. The molecule has 1 amide bonds. The molecule has 0 saturated heterocycles. The SMILES string of the molecule is CC(C)(C)c1nc([C@@H]2Nc3ccccc3C(=O)N2CC(F)(F)F)cs1. The van der Waals surface area contributed by atoms with Crippen LogP contribution in [0, 0.1) is 0 Å². The van der Waals surface area contributed by atoms with E-state index in [1.54, 1.807) is 23.6 Å². The molecule has 4 nitrogen and oxygen atoms in total. The molecule has 0 fully saturated rings. The second-order valence-corrected chi connectivity index (χ2v) is 7.83. The van der Waals surface area contributed by atoms with Gasteiger partial charge in [0, 0.05) is 16.5 Å². The van der Waals surface area contributed by atoms with Gasteiger partial charge >= 0.3 is 6.18 Å². The average molecular weight is 369 g/mol. The Morgan fingerprint density at radius 2 is 1.92 bits per heavy atom. The highest BCUT2D eigenvalue weighted by atomic mass is 32.1. The molecule has 0 unspecified atom stereocenters. The Balaban J connectivity index is 2.03. The monoisotopic (exact) mass is 369 g/mol. The maximum Gasteiger partial charge on any atom is 0.406 e. The van der Waals surface area contributed by atoms with E-state index in [4.69, 9.17) is 0 Å². The van der Waals surface area contributed by atoms with E-state index in [1.165, 1.54) is 17.4 Å². The van der Waals surface area contributed by atoms with Crippen LogP contribution >= 0.6 is 11.3 Å². The third kappa shape index (κ3) is 3.63. The lowest BCUT2D eigenvalue weighted by atomic mass is 9.98. The Morgan fingerprint density at radius 1 is 1.24 bits per heavy atom. The largest absolute Gasteiger partial charge is 0.406 e. The molecular formula is C17H18F3N3OS. The standard InChI is InChI=1S/C17H18F3N3OS/c1-16(2,3)15-22-12(8-25-15)13-21-11-7-5-4-6-10(11)14(24)23(13)9-17(18,19)20/h4-8,13,21H,9H2,1-3H3/t13-/m1/s1. The summed E-state index contributed by atoms with van der Waals surface area (Å²) < 4.78 is 39.1. The number of hydrogen-bond acceptors (Lipinski definition) is 4. The highest BCUT2D eigenvalue weighted by Gasteiger charge is 2.41. The first-order chi connectivity index (χ1) is 11.6. The zero-order chi connectivity index (χ0) is 18.4. The second-order valence-electron chi connectivity index (χ2n) is 6.97. The minimum absolute atomic E-state index is 0.214. The number of alkyl halides is 3. The number of carbonyl (C=O) groups is 1. The summed E-state index contributed by atoms with van der Waals surface area (Å²) >= 11 is 1.38. The van der Waals surface area contributed by atoms with Gasteiger partial charge in [-0.15, -0.1) is 11.3 Å². The van der Waals surface area contributed by atoms with Gasteiger partial charge in [0.2, 0.25) is 0 Å². The van der Waals surface area contributed by atoms with E-state index in [0.717, 1.165) is 9.91 Å². The van der Waals surface area contributed by atoms with Gasteiger partial charge in [-0.3, -0.25) is 4.79 Å². The number of halogens is 3. The first-order valence-corrected chi connectivity index (χ1v) is 8.63. The molecule has 3 rings (SSSR count). The van der Waals surface area contributed by atoms with Gasteiger partial charge in [0.1, 0.15) is 12.7 Å². The van der Waals surface area contributed by atoms with Crippen LogP contribution in [0.2, 0.25) is 0 Å². The van der Waals surface area contributed by atoms with Gasteiger partial charge in [0.25, 0.3) is 5.91 Å². The number of amides is 1. The number of aromatic nitrogens is 1. The van der Waals surface area contributed by atoms with E-state index < -0.39 is 24.8 Å². The summed E-state index contributed by atoms with van der Waals surface area (Å²) in [5.74, 6) is -0.651. The number of anilines is 1. The van der Waals surface area contributed by atoms with Crippen molar-refractivity contribution < 1.29 is 18.0 Å². The lowest BCUT2D eigenvalue weighted by Crippen LogP contribution is -2.47. The highest BCUT2D eigenvalue weighted by molar-refractivity contribution is 7.09. The number of thiazole rings is 1. The van der Waals surface area contributed by atoms with Crippen molar-refractivity contribution in [3.63, 3.8) is 0 Å². The molecule has 0 bridgehead atoms. The maximum atomic E-state index is 13.0. The summed E-state index contributed by atoms with van der Waals surface area (Å²) in [6.45, 7) is 4.62. The molecule has 0 radical (unpaired) electrons. The number of nitrogens with one attached hydrogen (secondary N) is 1. The molecule has 25 heavy (non-hydrogen) atoms. The Bertz CT molecular complexity index is 795.